The average Bonchev–Trinajstić information content (AvgIpc) is 2.79. The molecule has 0 aliphatic carbocycles. The number of hydrogen-bond acceptors (Lipinski definition) is 3. The summed E-state index contributed by atoms with van der Waals surface area (Å²) in [6.07, 6.45) is 3.23. The van der Waals surface area contributed by atoms with Gasteiger partial charge < -0.3 is 5.11 Å². The number of imidazole rings is 1. The Morgan fingerprint density at radius 1 is 1.17 bits per heavy atom. The van der Waals surface area contributed by atoms with Crippen LogP contribution in [0.2, 0.25) is 0 Å². The lowest BCUT2D eigenvalue weighted by molar-refractivity contribution is 0.0690. The second kappa shape index (κ2) is 3.96. The van der Waals surface area contributed by atoms with Crippen molar-refractivity contribution in [3.05, 3.63) is 54.5 Å². The number of carboxylic acids is 1. The third-order valence-electron chi connectivity index (χ3n) is 2.65. The SMILES string of the molecule is O=C(O)c1c(-c2ccccc2)nc2ncccn12. The minimum absolute atomic E-state index is 0.129. The smallest absolute Gasteiger partial charge is 0.355 e. The highest BCUT2D eigenvalue weighted by Crippen LogP contribution is 2.23. The maximum Gasteiger partial charge on any atom is 0.355 e. The molecule has 0 saturated heterocycles. The minimum Gasteiger partial charge on any atom is -0.476 e. The first-order valence-corrected chi connectivity index (χ1v) is 5.39. The number of benzene rings is 1. The van der Waals surface area contributed by atoms with E-state index in [0.717, 1.165) is 5.56 Å². The standard InChI is InChI=1S/C13H9N3O2/c17-12(18)11-10(9-5-2-1-3-6-9)15-13-14-7-4-8-16(11)13/h1-8H,(H,17,18). The highest BCUT2D eigenvalue weighted by molar-refractivity contribution is 5.94. The molecule has 18 heavy (non-hydrogen) atoms. The highest BCUT2D eigenvalue weighted by Gasteiger charge is 2.19. The van der Waals surface area contributed by atoms with Gasteiger partial charge in [0.1, 0.15) is 5.69 Å². The molecule has 1 aromatic carbocycles. The molecule has 5 heteroatoms. The molecular weight excluding hydrogens is 230 g/mol. The Balaban J connectivity index is 2.36. The van der Waals surface area contributed by atoms with Crippen LogP contribution in [0.5, 0.6) is 0 Å². The first kappa shape index (κ1) is 10.5. The number of aromatic carboxylic acids is 1. The van der Waals surface area contributed by atoms with Gasteiger partial charge in [-0.25, -0.2) is 14.8 Å². The molecule has 0 amide bonds. The van der Waals surface area contributed by atoms with Gasteiger partial charge in [0.2, 0.25) is 5.78 Å². The van der Waals surface area contributed by atoms with Crippen LogP contribution in [0.25, 0.3) is 17.0 Å². The monoisotopic (exact) mass is 239 g/mol. The van der Waals surface area contributed by atoms with E-state index >= 15 is 0 Å². The number of aromatic nitrogens is 3. The van der Waals surface area contributed by atoms with E-state index in [-0.39, 0.29) is 5.69 Å². The third kappa shape index (κ3) is 1.53. The molecule has 0 bridgehead atoms. The second-order valence-corrected chi connectivity index (χ2v) is 3.77. The number of nitrogens with zero attached hydrogens (tertiary/aromatic N) is 3. The van der Waals surface area contributed by atoms with Crippen molar-refractivity contribution in [2.45, 2.75) is 0 Å². The topological polar surface area (TPSA) is 67.5 Å². The van der Waals surface area contributed by atoms with E-state index in [9.17, 15) is 9.90 Å². The number of carbonyl (C=O) groups is 1. The van der Waals surface area contributed by atoms with Crippen molar-refractivity contribution in [1.82, 2.24) is 14.4 Å². The zero-order valence-electron chi connectivity index (χ0n) is 9.32. The van der Waals surface area contributed by atoms with E-state index < -0.39 is 5.97 Å². The molecule has 2 heterocycles. The molecule has 0 spiro atoms. The normalized spacial score (nSPS) is 10.7. The molecule has 1 N–H and O–H groups in total. The van der Waals surface area contributed by atoms with E-state index in [1.807, 2.05) is 30.3 Å². The van der Waals surface area contributed by atoms with Crippen molar-refractivity contribution >= 4 is 11.7 Å². The Bertz CT molecular complexity index is 719. The fourth-order valence-corrected chi connectivity index (χ4v) is 1.89. The maximum absolute atomic E-state index is 11.4. The molecule has 2 aromatic heterocycles. The summed E-state index contributed by atoms with van der Waals surface area (Å²) in [6.45, 7) is 0. The van der Waals surface area contributed by atoms with Gasteiger partial charge in [-0.15, -0.1) is 0 Å². The van der Waals surface area contributed by atoms with E-state index in [1.165, 1.54) is 4.40 Å². The lowest BCUT2D eigenvalue weighted by atomic mass is 10.1. The molecule has 5 nitrogen and oxygen atoms in total. The van der Waals surface area contributed by atoms with E-state index in [1.54, 1.807) is 18.5 Å². The third-order valence-corrected chi connectivity index (χ3v) is 2.65. The molecule has 3 aromatic rings. The molecule has 0 unspecified atom stereocenters. The van der Waals surface area contributed by atoms with Crippen LogP contribution in [-0.4, -0.2) is 25.4 Å². The van der Waals surface area contributed by atoms with Gasteiger partial charge in [-0.2, -0.15) is 0 Å². The van der Waals surface area contributed by atoms with Crippen molar-refractivity contribution in [1.29, 1.82) is 0 Å². The molecule has 3 rings (SSSR count). The van der Waals surface area contributed by atoms with E-state index in [2.05, 4.69) is 9.97 Å². The molecule has 0 aliphatic heterocycles. The molecule has 0 radical (unpaired) electrons. The molecular formula is C13H9N3O2. The Hall–Kier alpha value is -2.69. The van der Waals surface area contributed by atoms with Crippen LogP contribution in [-0.2, 0) is 0 Å². The number of hydrogen-bond donors (Lipinski definition) is 1. The second-order valence-electron chi connectivity index (χ2n) is 3.77. The summed E-state index contributed by atoms with van der Waals surface area (Å²) in [7, 11) is 0. The van der Waals surface area contributed by atoms with Crippen molar-refractivity contribution < 1.29 is 9.90 Å². The molecule has 0 atom stereocenters. The van der Waals surface area contributed by atoms with Crippen LogP contribution < -0.4 is 0 Å². The summed E-state index contributed by atoms with van der Waals surface area (Å²) in [4.78, 5) is 19.7. The van der Waals surface area contributed by atoms with Crippen LogP contribution >= 0.6 is 0 Å². The van der Waals surface area contributed by atoms with E-state index in [4.69, 9.17) is 0 Å². The van der Waals surface area contributed by atoms with Crippen LogP contribution in [0, 0.1) is 0 Å². The van der Waals surface area contributed by atoms with Gasteiger partial charge in [0, 0.05) is 18.0 Å². The van der Waals surface area contributed by atoms with Gasteiger partial charge >= 0.3 is 5.97 Å². The number of carboxylic acid groups (broad SMARTS) is 1. The van der Waals surface area contributed by atoms with Gasteiger partial charge in [-0.05, 0) is 6.07 Å². The summed E-state index contributed by atoms with van der Waals surface area (Å²) < 4.78 is 1.48. The van der Waals surface area contributed by atoms with Crippen molar-refractivity contribution in [3.8, 4) is 11.3 Å². The maximum atomic E-state index is 11.4. The van der Waals surface area contributed by atoms with E-state index in [0.29, 0.717) is 11.5 Å². The van der Waals surface area contributed by atoms with Crippen LogP contribution in [0.3, 0.4) is 0 Å². The summed E-state index contributed by atoms with van der Waals surface area (Å²) in [6, 6.07) is 10.9. The minimum atomic E-state index is -1.02. The zero-order chi connectivity index (χ0) is 12.5. The van der Waals surface area contributed by atoms with Gasteiger partial charge in [-0.3, -0.25) is 4.40 Å². The Morgan fingerprint density at radius 3 is 2.67 bits per heavy atom. The van der Waals surface area contributed by atoms with Gasteiger partial charge in [0.05, 0.1) is 0 Å². The first-order chi connectivity index (χ1) is 8.77. The summed E-state index contributed by atoms with van der Waals surface area (Å²) in [5, 5.41) is 9.33. The van der Waals surface area contributed by atoms with Gasteiger partial charge in [-0.1, -0.05) is 30.3 Å². The Kier molecular flexibility index (Phi) is 2.30. The van der Waals surface area contributed by atoms with Crippen molar-refractivity contribution in [3.63, 3.8) is 0 Å². The molecule has 0 fully saturated rings. The molecule has 88 valence electrons. The predicted octanol–water partition coefficient (Wildman–Crippen LogP) is 2.09. The summed E-state index contributed by atoms with van der Waals surface area (Å²) >= 11 is 0. The van der Waals surface area contributed by atoms with Crippen molar-refractivity contribution in [2.75, 3.05) is 0 Å². The predicted molar refractivity (Wildman–Crippen MR) is 65.4 cm³/mol. The van der Waals surface area contributed by atoms with Crippen LogP contribution in [0.1, 0.15) is 10.5 Å². The largest absolute Gasteiger partial charge is 0.476 e. The first-order valence-electron chi connectivity index (χ1n) is 5.39. The fraction of sp³-hybridized carbons (Fsp3) is 0. The lowest BCUT2D eigenvalue weighted by Gasteiger charge is -1.99. The van der Waals surface area contributed by atoms with Crippen molar-refractivity contribution in [2.24, 2.45) is 0 Å². The van der Waals surface area contributed by atoms with Crippen LogP contribution in [0.4, 0.5) is 0 Å². The average molecular weight is 239 g/mol. The Morgan fingerprint density at radius 2 is 1.94 bits per heavy atom. The van der Waals surface area contributed by atoms with Gasteiger partial charge in [0.25, 0.3) is 0 Å². The molecule has 0 aliphatic rings. The number of fused-ring (bicyclic) bond motifs is 1. The quantitative estimate of drug-likeness (QED) is 0.743. The molecule has 0 saturated carbocycles. The summed E-state index contributed by atoms with van der Waals surface area (Å²) in [5.74, 6) is -0.636. The van der Waals surface area contributed by atoms with Gasteiger partial charge in [0.15, 0.2) is 5.69 Å². The highest BCUT2D eigenvalue weighted by atomic mass is 16.4. The number of rotatable bonds is 2. The zero-order valence-corrected chi connectivity index (χ0v) is 9.32. The fourth-order valence-electron chi connectivity index (χ4n) is 1.89. The van der Waals surface area contributed by atoms with Crippen LogP contribution in [0.15, 0.2) is 48.8 Å². The Labute approximate surface area is 102 Å². The lowest BCUT2D eigenvalue weighted by Crippen LogP contribution is -2.03. The summed E-state index contributed by atoms with van der Waals surface area (Å²) in [5.41, 5.74) is 1.33.